The number of para-hydroxylation sites is 4. The minimum absolute atomic E-state index is 0.0570. The van der Waals surface area contributed by atoms with E-state index in [4.69, 9.17) is 4.99 Å². The van der Waals surface area contributed by atoms with Crippen LogP contribution in [-0.2, 0) is 21.7 Å². The van der Waals surface area contributed by atoms with Gasteiger partial charge in [-0.25, -0.2) is 0 Å². The maximum atomic E-state index is 5.79. The number of thioether (sulfide) groups is 1. The Morgan fingerprint density at radius 2 is 0.943 bits per heavy atom. The molecule has 0 spiro atoms. The average Bonchev–Trinajstić information content (AvgIpc) is 1.69. The number of nitrogens with zero attached hydrogens (tertiary/aromatic N) is 5. The first-order valence-electron chi connectivity index (χ1n) is 34.5. The van der Waals surface area contributed by atoms with Gasteiger partial charge >= 0.3 is 0 Å². The fourth-order valence-electron chi connectivity index (χ4n) is 14.9. The molecule has 0 radical (unpaired) electrons. The first-order valence-corrected chi connectivity index (χ1v) is 35.5. The van der Waals surface area contributed by atoms with E-state index in [0.29, 0.717) is 29.6 Å². The molecule has 0 bridgehead atoms. The van der Waals surface area contributed by atoms with E-state index >= 15 is 0 Å². The van der Waals surface area contributed by atoms with Crippen molar-refractivity contribution in [3.63, 3.8) is 0 Å². The number of hydrogen-bond acceptors (Lipinski definition) is 5. The molecule has 4 aromatic carbocycles. The number of fused-ring (bicyclic) bond motifs is 4. The second-order valence-corrected chi connectivity index (χ2v) is 30.8. The van der Waals surface area contributed by atoms with Crippen molar-refractivity contribution in [2.24, 2.45) is 34.6 Å². The van der Waals surface area contributed by atoms with Crippen molar-refractivity contribution in [3.05, 3.63) is 201 Å². The van der Waals surface area contributed by atoms with Gasteiger partial charge in [-0.3, -0.25) is 4.99 Å². The lowest BCUT2D eigenvalue weighted by atomic mass is 9.81. The number of aliphatic imine (C=N–C) groups is 1. The fraction of sp³-hybridized carbons (Fsp3) is 0.512. The van der Waals surface area contributed by atoms with Crippen LogP contribution < -0.4 is 14.7 Å². The normalized spacial score (nSPS) is 22.0. The SMILES string of the molecule is CC.CC(C)CCN1/C(=C/C=C2\CC/C(=C\C=C3\N(CCC(C)C)c4ccccc4C3(C)C)C2=NCCSC2=C(/C=C/C3=[N+](CCC(C)C)c4ccccc4C3(C)C)CCC2C/C=C2/N(CCC(C)C)c3ccccc3C2(C)C)C(C)(C)c2ccccc21. The van der Waals surface area contributed by atoms with E-state index < -0.39 is 0 Å². The van der Waals surface area contributed by atoms with Crippen LogP contribution in [0.5, 0.6) is 0 Å². The van der Waals surface area contributed by atoms with Crippen LogP contribution in [0.15, 0.2) is 183 Å². The molecule has 1 atom stereocenters. The van der Waals surface area contributed by atoms with Crippen LogP contribution in [-0.4, -0.2) is 54.5 Å². The van der Waals surface area contributed by atoms with E-state index in [1.807, 2.05) is 13.8 Å². The van der Waals surface area contributed by atoms with Gasteiger partial charge in [-0.1, -0.05) is 208 Å². The van der Waals surface area contributed by atoms with Crippen molar-refractivity contribution >= 4 is 45.9 Å². The van der Waals surface area contributed by atoms with Gasteiger partial charge in [0.2, 0.25) is 5.69 Å². The van der Waals surface area contributed by atoms with Gasteiger partial charge in [-0.2, -0.15) is 4.58 Å². The Balaban J connectivity index is 0.00000456. The van der Waals surface area contributed by atoms with Gasteiger partial charge < -0.3 is 14.7 Å². The summed E-state index contributed by atoms with van der Waals surface area (Å²) in [5.74, 6) is 3.92. The minimum Gasteiger partial charge on any atom is -0.344 e. The summed E-state index contributed by atoms with van der Waals surface area (Å²) in [5, 5.41) is 0. The van der Waals surface area contributed by atoms with Crippen LogP contribution in [0.2, 0.25) is 0 Å². The molecule has 470 valence electrons. The van der Waals surface area contributed by atoms with Crippen molar-refractivity contribution in [1.82, 2.24) is 0 Å². The van der Waals surface area contributed by atoms with E-state index in [0.717, 1.165) is 83.4 Å². The molecule has 1 saturated carbocycles. The van der Waals surface area contributed by atoms with E-state index in [9.17, 15) is 0 Å². The lowest BCUT2D eigenvalue weighted by Gasteiger charge is -2.28. The third-order valence-corrected chi connectivity index (χ3v) is 21.5. The smallest absolute Gasteiger partial charge is 0.209 e. The Hall–Kier alpha value is -5.85. The zero-order valence-electron chi connectivity index (χ0n) is 57.9. The molecule has 6 heteroatoms. The maximum Gasteiger partial charge on any atom is 0.209 e. The van der Waals surface area contributed by atoms with Crippen LogP contribution in [0, 0.1) is 29.6 Å². The van der Waals surface area contributed by atoms with Crippen molar-refractivity contribution in [1.29, 1.82) is 0 Å². The average molecular weight is 1200 g/mol. The second-order valence-electron chi connectivity index (χ2n) is 29.6. The largest absolute Gasteiger partial charge is 0.344 e. The summed E-state index contributed by atoms with van der Waals surface area (Å²) in [6.07, 6.45) is 27.6. The van der Waals surface area contributed by atoms with Gasteiger partial charge in [0.15, 0.2) is 5.71 Å². The molecule has 88 heavy (non-hydrogen) atoms. The van der Waals surface area contributed by atoms with Gasteiger partial charge in [0.25, 0.3) is 0 Å². The fourth-order valence-corrected chi connectivity index (χ4v) is 16.1. The Kier molecular flexibility index (Phi) is 21.3. The molecule has 4 aromatic rings. The molecule has 0 amide bonds. The predicted octanol–water partition coefficient (Wildman–Crippen LogP) is 21.7. The predicted molar refractivity (Wildman–Crippen MR) is 387 cm³/mol. The third kappa shape index (κ3) is 13.7. The quantitative estimate of drug-likeness (QED) is 0.0578. The van der Waals surface area contributed by atoms with Gasteiger partial charge in [-0.05, 0) is 163 Å². The molecule has 5 nitrogen and oxygen atoms in total. The Morgan fingerprint density at radius 3 is 1.42 bits per heavy atom. The van der Waals surface area contributed by atoms with E-state index in [-0.39, 0.29) is 21.7 Å². The summed E-state index contributed by atoms with van der Waals surface area (Å²) in [4.78, 5) is 15.3. The zero-order chi connectivity index (χ0) is 63.3. The van der Waals surface area contributed by atoms with Crippen LogP contribution in [0.1, 0.15) is 205 Å². The number of hydrogen-bond donors (Lipinski definition) is 0. The highest BCUT2D eigenvalue weighted by Gasteiger charge is 2.46. The van der Waals surface area contributed by atoms with Gasteiger partial charge in [0.05, 0.1) is 11.1 Å². The first kappa shape index (κ1) is 66.6. The monoisotopic (exact) mass is 1200 g/mol. The van der Waals surface area contributed by atoms with Crippen LogP contribution in [0.25, 0.3) is 0 Å². The summed E-state index contributed by atoms with van der Waals surface area (Å²) in [5.41, 5.74) is 22.0. The summed E-state index contributed by atoms with van der Waals surface area (Å²) in [6, 6.07) is 36.6. The lowest BCUT2D eigenvalue weighted by molar-refractivity contribution is -0.439. The number of anilines is 3. The number of benzene rings is 4. The zero-order valence-corrected chi connectivity index (χ0v) is 58.7. The molecule has 4 aliphatic heterocycles. The van der Waals surface area contributed by atoms with E-state index in [1.54, 1.807) is 4.91 Å². The molecule has 1 fully saturated rings. The molecular formula is C82H112N5S+. The Labute approximate surface area is 539 Å². The summed E-state index contributed by atoms with van der Waals surface area (Å²) < 4.78 is 2.65. The summed E-state index contributed by atoms with van der Waals surface area (Å²) >= 11 is 2.10. The molecule has 6 aliphatic rings. The molecule has 0 N–H and O–H groups in total. The highest BCUT2D eigenvalue weighted by atomic mass is 32.2. The standard InChI is InChI=1S/C80H106N5S.C2H6/c1-55(2)45-50-82-67-29-21-17-25-63(67)77(9,10)71(82)41-37-59-33-34-60(38-42-72-78(11,12)64-26-18-22-30-68(64)83(72)51-46-56(3)4)75(59)81-49-54-86-76-61(39-43-73-79(13,14)65-27-19-23-31-69(65)84(73)52-47-57(5)6)35-36-62(76)40-44-74-80(15,16)66-28-20-24-32-70(66)85(74)53-48-58(7)8;1-2/h17-32,37-39,41-44,55-58,62H,33-36,40,45-54H2,1-16H3;1-2H3/q+1;/b43-39+,59-37+,60-38+,71-41+,72-42+,74-44+;. The van der Waals surface area contributed by atoms with Gasteiger partial charge in [0, 0.05) is 106 Å². The van der Waals surface area contributed by atoms with E-state index in [1.165, 1.54) is 103 Å². The Morgan fingerprint density at radius 1 is 0.511 bits per heavy atom. The maximum absolute atomic E-state index is 5.79. The molecule has 1 unspecified atom stereocenters. The highest BCUT2D eigenvalue weighted by Crippen LogP contribution is 2.52. The lowest BCUT2D eigenvalue weighted by Crippen LogP contribution is -2.28. The summed E-state index contributed by atoms with van der Waals surface area (Å²) in [6.45, 7) is 47.2. The Bertz CT molecular complexity index is 3320. The minimum atomic E-state index is -0.108. The van der Waals surface area contributed by atoms with Crippen LogP contribution >= 0.6 is 11.8 Å². The number of rotatable bonds is 22. The van der Waals surface area contributed by atoms with E-state index in [2.05, 4.69) is 281 Å². The third-order valence-electron chi connectivity index (χ3n) is 20.2. The second kappa shape index (κ2) is 28.1. The summed E-state index contributed by atoms with van der Waals surface area (Å²) in [7, 11) is 0. The van der Waals surface area contributed by atoms with Crippen molar-refractivity contribution < 1.29 is 4.58 Å². The molecule has 0 saturated heterocycles. The van der Waals surface area contributed by atoms with Crippen molar-refractivity contribution in [2.75, 3.05) is 53.2 Å². The van der Waals surface area contributed by atoms with Gasteiger partial charge in [0.1, 0.15) is 6.54 Å². The first-order chi connectivity index (χ1) is 42.0. The topological polar surface area (TPSA) is 25.1 Å². The molecular weight excluding hydrogens is 1090 g/mol. The van der Waals surface area contributed by atoms with Crippen molar-refractivity contribution in [2.45, 2.75) is 204 Å². The molecule has 10 rings (SSSR count). The van der Waals surface area contributed by atoms with Crippen LogP contribution in [0.4, 0.5) is 22.7 Å². The number of allylic oxidation sites excluding steroid dienone is 14. The van der Waals surface area contributed by atoms with Gasteiger partial charge in [-0.15, -0.1) is 11.8 Å². The van der Waals surface area contributed by atoms with Crippen molar-refractivity contribution in [3.8, 4) is 0 Å². The molecule has 0 aromatic heterocycles. The highest BCUT2D eigenvalue weighted by molar-refractivity contribution is 8.03. The van der Waals surface area contributed by atoms with Crippen LogP contribution in [0.3, 0.4) is 0 Å². The molecule has 2 aliphatic carbocycles. The molecule has 4 heterocycles.